The molecule has 0 saturated heterocycles. The molecular formula is C25H16FN3O3S. The minimum absolute atomic E-state index is 0.133. The summed E-state index contributed by atoms with van der Waals surface area (Å²) in [6, 6.07) is 16.9. The Morgan fingerprint density at radius 3 is 2.73 bits per heavy atom. The highest BCUT2D eigenvalue weighted by atomic mass is 32.1. The Hall–Kier alpha value is -4.17. The van der Waals surface area contributed by atoms with Gasteiger partial charge in [-0.3, -0.25) is 4.79 Å². The number of ether oxygens (including phenoxy) is 2. The maximum Gasteiger partial charge on any atom is 0.231 e. The van der Waals surface area contributed by atoms with Crippen LogP contribution in [-0.2, 0) is 0 Å². The molecule has 0 fully saturated rings. The van der Waals surface area contributed by atoms with E-state index in [-0.39, 0.29) is 18.4 Å². The van der Waals surface area contributed by atoms with Crippen molar-refractivity contribution < 1.29 is 18.7 Å². The van der Waals surface area contributed by atoms with E-state index in [1.807, 2.05) is 29.8 Å². The molecule has 2 aromatic carbocycles. The van der Waals surface area contributed by atoms with E-state index in [1.165, 1.54) is 23.5 Å². The zero-order chi connectivity index (χ0) is 22.5. The number of nitrogens with two attached hydrogens (primary N) is 1. The molecule has 0 spiro atoms. The van der Waals surface area contributed by atoms with E-state index in [1.54, 1.807) is 34.7 Å². The molecule has 0 unspecified atom stereocenters. The molecule has 0 bridgehead atoms. The molecule has 6 nitrogen and oxygen atoms in total. The number of carbonyl (C=O) groups excluding carboxylic acids is 1. The number of ketones is 1. The van der Waals surface area contributed by atoms with Gasteiger partial charge >= 0.3 is 0 Å². The number of benzene rings is 2. The van der Waals surface area contributed by atoms with E-state index in [9.17, 15) is 9.18 Å². The zero-order valence-electron chi connectivity index (χ0n) is 17.1. The molecule has 1 aliphatic rings. The standard InChI is InChI=1S/C25H16FN3O3S/c26-16-7-4-14(5-8-16)17-12-33-25(28-17)21-18-3-1-2-10-29(18)23(22(21)27)24(30)15-6-9-19-20(11-15)32-13-31-19/h1-12H,13,27H2. The quantitative estimate of drug-likeness (QED) is 0.365. The Kier molecular flexibility index (Phi) is 4.41. The summed E-state index contributed by atoms with van der Waals surface area (Å²) >= 11 is 1.42. The fourth-order valence-electron chi connectivity index (χ4n) is 4.00. The number of halogens is 1. The van der Waals surface area contributed by atoms with Crippen LogP contribution in [0.5, 0.6) is 11.5 Å². The number of fused-ring (bicyclic) bond motifs is 2. The van der Waals surface area contributed by atoms with Crippen LogP contribution < -0.4 is 15.2 Å². The van der Waals surface area contributed by atoms with Crippen molar-refractivity contribution in [2.24, 2.45) is 0 Å². The van der Waals surface area contributed by atoms with Gasteiger partial charge in [-0.2, -0.15) is 0 Å². The van der Waals surface area contributed by atoms with Gasteiger partial charge in [0.25, 0.3) is 0 Å². The molecular weight excluding hydrogens is 441 g/mol. The molecule has 1 aliphatic heterocycles. The fraction of sp³-hybridized carbons (Fsp3) is 0.0400. The van der Waals surface area contributed by atoms with Gasteiger partial charge < -0.3 is 19.6 Å². The van der Waals surface area contributed by atoms with Crippen molar-refractivity contribution in [1.82, 2.24) is 9.38 Å². The van der Waals surface area contributed by atoms with Gasteiger partial charge in [-0.1, -0.05) is 6.07 Å². The van der Waals surface area contributed by atoms with E-state index in [2.05, 4.69) is 0 Å². The van der Waals surface area contributed by atoms with Gasteiger partial charge in [0.2, 0.25) is 12.6 Å². The number of thiazole rings is 1. The summed E-state index contributed by atoms with van der Waals surface area (Å²) in [4.78, 5) is 18.3. The van der Waals surface area contributed by atoms with Crippen molar-refractivity contribution >= 4 is 28.3 Å². The largest absolute Gasteiger partial charge is 0.454 e. The predicted molar refractivity (Wildman–Crippen MR) is 124 cm³/mol. The van der Waals surface area contributed by atoms with Crippen LogP contribution in [0.4, 0.5) is 10.1 Å². The molecule has 2 N–H and O–H groups in total. The maximum atomic E-state index is 13.5. The number of aromatic nitrogens is 2. The number of hydrogen-bond donors (Lipinski definition) is 1. The summed E-state index contributed by atoms with van der Waals surface area (Å²) in [5.41, 5.74) is 10.7. The second-order valence-corrected chi connectivity index (χ2v) is 8.39. The molecule has 0 amide bonds. The molecule has 33 heavy (non-hydrogen) atoms. The van der Waals surface area contributed by atoms with Gasteiger partial charge in [0.05, 0.1) is 22.5 Å². The number of rotatable bonds is 4. The van der Waals surface area contributed by atoms with Crippen LogP contribution in [0.25, 0.3) is 27.3 Å². The Labute approximate surface area is 191 Å². The van der Waals surface area contributed by atoms with E-state index in [4.69, 9.17) is 20.2 Å². The normalized spacial score (nSPS) is 12.4. The zero-order valence-corrected chi connectivity index (χ0v) is 17.9. The number of anilines is 1. The lowest BCUT2D eigenvalue weighted by Crippen LogP contribution is -2.08. The topological polar surface area (TPSA) is 78.8 Å². The van der Waals surface area contributed by atoms with E-state index in [0.717, 1.165) is 11.1 Å². The van der Waals surface area contributed by atoms with E-state index < -0.39 is 0 Å². The van der Waals surface area contributed by atoms with Gasteiger partial charge in [0.15, 0.2) is 11.5 Å². The lowest BCUT2D eigenvalue weighted by atomic mass is 10.1. The predicted octanol–water partition coefficient (Wildman–Crippen LogP) is 5.41. The molecule has 162 valence electrons. The Morgan fingerprint density at radius 2 is 1.88 bits per heavy atom. The lowest BCUT2D eigenvalue weighted by molar-refractivity contribution is 0.103. The highest BCUT2D eigenvalue weighted by Crippen LogP contribution is 2.40. The van der Waals surface area contributed by atoms with Gasteiger partial charge in [-0.05, 0) is 54.6 Å². The van der Waals surface area contributed by atoms with Gasteiger partial charge in [0, 0.05) is 22.7 Å². The average Bonchev–Trinajstić information content (AvgIpc) is 3.55. The smallest absolute Gasteiger partial charge is 0.231 e. The molecule has 0 saturated carbocycles. The van der Waals surface area contributed by atoms with Crippen LogP contribution in [0.1, 0.15) is 16.1 Å². The van der Waals surface area contributed by atoms with Crippen LogP contribution in [-0.4, -0.2) is 22.0 Å². The first-order valence-corrected chi connectivity index (χ1v) is 11.0. The second kappa shape index (κ2) is 7.46. The van der Waals surface area contributed by atoms with Gasteiger partial charge in [0.1, 0.15) is 16.5 Å². The highest BCUT2D eigenvalue weighted by molar-refractivity contribution is 7.13. The van der Waals surface area contributed by atoms with Crippen LogP contribution in [0.15, 0.2) is 72.2 Å². The third-order valence-electron chi connectivity index (χ3n) is 5.59. The van der Waals surface area contributed by atoms with Crippen molar-refractivity contribution in [1.29, 1.82) is 0 Å². The summed E-state index contributed by atoms with van der Waals surface area (Å²) in [5, 5.41) is 2.58. The van der Waals surface area contributed by atoms with Crippen LogP contribution in [0.2, 0.25) is 0 Å². The fourth-order valence-corrected chi connectivity index (χ4v) is 4.90. The summed E-state index contributed by atoms with van der Waals surface area (Å²) < 4.78 is 25.9. The molecule has 4 heterocycles. The first-order valence-electron chi connectivity index (χ1n) is 10.1. The lowest BCUT2D eigenvalue weighted by Gasteiger charge is -2.05. The summed E-state index contributed by atoms with van der Waals surface area (Å²) in [7, 11) is 0. The molecule has 6 rings (SSSR count). The number of hydrogen-bond acceptors (Lipinski definition) is 6. The molecule has 8 heteroatoms. The number of nitrogens with zero attached hydrogens (tertiary/aromatic N) is 2. The third kappa shape index (κ3) is 3.15. The molecule has 5 aromatic rings. The van der Waals surface area contributed by atoms with Gasteiger partial charge in [-0.15, -0.1) is 11.3 Å². The molecule has 0 aliphatic carbocycles. The van der Waals surface area contributed by atoms with Crippen molar-refractivity contribution in [3.05, 3.63) is 89.3 Å². The molecule has 0 radical (unpaired) electrons. The summed E-state index contributed by atoms with van der Waals surface area (Å²) in [5.74, 6) is 0.609. The SMILES string of the molecule is Nc1c(-c2nc(-c3ccc(F)cc3)cs2)c2ccccn2c1C(=O)c1ccc2c(c1)OCO2. The monoisotopic (exact) mass is 457 g/mol. The summed E-state index contributed by atoms with van der Waals surface area (Å²) in [6.45, 7) is 0.133. The minimum Gasteiger partial charge on any atom is -0.454 e. The van der Waals surface area contributed by atoms with Crippen molar-refractivity contribution in [2.45, 2.75) is 0 Å². The third-order valence-corrected chi connectivity index (χ3v) is 6.45. The van der Waals surface area contributed by atoms with Gasteiger partial charge in [-0.25, -0.2) is 9.37 Å². The summed E-state index contributed by atoms with van der Waals surface area (Å²) in [6.07, 6.45) is 1.81. The van der Waals surface area contributed by atoms with Crippen molar-refractivity contribution in [3.8, 4) is 33.3 Å². The van der Waals surface area contributed by atoms with Crippen LogP contribution in [0.3, 0.4) is 0 Å². The first kappa shape index (κ1) is 19.5. The second-order valence-electron chi connectivity index (χ2n) is 7.54. The van der Waals surface area contributed by atoms with Crippen molar-refractivity contribution in [2.75, 3.05) is 12.5 Å². The Balaban J connectivity index is 1.48. The Bertz CT molecular complexity index is 1540. The highest BCUT2D eigenvalue weighted by Gasteiger charge is 2.26. The van der Waals surface area contributed by atoms with Crippen LogP contribution >= 0.6 is 11.3 Å². The minimum atomic E-state index is -0.302. The first-order chi connectivity index (χ1) is 16.1. The average molecular weight is 457 g/mol. The van der Waals surface area contributed by atoms with Crippen molar-refractivity contribution in [3.63, 3.8) is 0 Å². The van der Waals surface area contributed by atoms with Crippen LogP contribution in [0, 0.1) is 5.82 Å². The number of pyridine rings is 1. The molecule has 3 aromatic heterocycles. The number of carbonyl (C=O) groups is 1. The number of nitrogen functional groups attached to an aromatic ring is 1. The Morgan fingerprint density at radius 1 is 1.06 bits per heavy atom. The van der Waals surface area contributed by atoms with E-state index >= 15 is 0 Å². The maximum absolute atomic E-state index is 13.5. The molecule has 0 atom stereocenters. The van der Waals surface area contributed by atoms with E-state index in [0.29, 0.717) is 44.7 Å².